The molecule has 0 aromatic carbocycles. The summed E-state index contributed by atoms with van der Waals surface area (Å²) >= 11 is 0. The molecule has 0 aliphatic rings. The quantitative estimate of drug-likeness (QED) is 0.0268. The molecule has 0 amide bonds. The van der Waals surface area contributed by atoms with E-state index < -0.39 is 6.10 Å². The van der Waals surface area contributed by atoms with Gasteiger partial charge < -0.3 is 14.2 Å². The molecule has 0 saturated carbocycles. The van der Waals surface area contributed by atoms with Crippen molar-refractivity contribution < 1.29 is 28.6 Å². The Morgan fingerprint density at radius 3 is 1.25 bits per heavy atom. The van der Waals surface area contributed by atoms with Gasteiger partial charge in [0.05, 0.1) is 0 Å². The topological polar surface area (TPSA) is 78.9 Å². The first-order valence-electron chi connectivity index (χ1n) is 22.6. The van der Waals surface area contributed by atoms with Gasteiger partial charge in [-0.15, -0.1) is 0 Å². The zero-order valence-electron chi connectivity index (χ0n) is 36.1. The Hall–Kier alpha value is -3.41. The predicted octanol–water partition coefficient (Wildman–Crippen LogP) is 14.5. The van der Waals surface area contributed by atoms with E-state index in [-0.39, 0.29) is 37.5 Å². The van der Waals surface area contributed by atoms with Crippen molar-refractivity contribution >= 4 is 17.9 Å². The van der Waals surface area contributed by atoms with Gasteiger partial charge in [-0.25, -0.2) is 0 Å². The van der Waals surface area contributed by atoms with Crippen LogP contribution in [0.4, 0.5) is 0 Å². The standard InChI is InChI=1S/C50H82O6/c1-4-7-10-13-16-19-21-22-23-24-25-26-27-28-29-32-34-37-40-43-49(52)55-46-47(45-54-48(51)42-39-36-33-30-18-15-12-9-6-3)56-50(53)44-41-38-35-31-20-17-14-11-8-5-2/h7,10,16,19,22-23,25-26,28-30,33-34,37,47H,4-6,8-9,11-15,17-18,20-21,24,27,31-32,35-36,38-46H2,1-3H3/b10-7-,19-16-,23-22-,26-25-,29-28-,33-30-,37-34-. The molecule has 0 aliphatic heterocycles. The average molecular weight is 779 g/mol. The van der Waals surface area contributed by atoms with E-state index in [4.69, 9.17) is 14.2 Å². The molecule has 1 unspecified atom stereocenters. The van der Waals surface area contributed by atoms with E-state index in [0.29, 0.717) is 25.7 Å². The van der Waals surface area contributed by atoms with Gasteiger partial charge in [-0.1, -0.05) is 183 Å². The fourth-order valence-electron chi connectivity index (χ4n) is 5.76. The van der Waals surface area contributed by atoms with Gasteiger partial charge in [0, 0.05) is 19.3 Å². The Labute approximate surface area is 344 Å². The summed E-state index contributed by atoms with van der Waals surface area (Å²) in [5.41, 5.74) is 0. The summed E-state index contributed by atoms with van der Waals surface area (Å²) in [7, 11) is 0. The first kappa shape index (κ1) is 52.6. The summed E-state index contributed by atoms with van der Waals surface area (Å²) in [4.78, 5) is 37.6. The first-order valence-corrected chi connectivity index (χ1v) is 22.6. The van der Waals surface area contributed by atoms with Crippen LogP contribution in [0, 0.1) is 0 Å². The maximum atomic E-state index is 12.7. The number of rotatable bonds is 39. The van der Waals surface area contributed by atoms with Crippen molar-refractivity contribution in [1.29, 1.82) is 0 Å². The smallest absolute Gasteiger partial charge is 0.306 e. The first-order chi connectivity index (χ1) is 27.5. The van der Waals surface area contributed by atoms with Crippen molar-refractivity contribution in [2.75, 3.05) is 13.2 Å². The molecule has 0 fully saturated rings. The van der Waals surface area contributed by atoms with E-state index in [9.17, 15) is 14.4 Å². The summed E-state index contributed by atoms with van der Waals surface area (Å²) in [6.45, 7) is 6.36. The number of hydrogen-bond acceptors (Lipinski definition) is 6. The van der Waals surface area contributed by atoms with Crippen LogP contribution >= 0.6 is 0 Å². The Bertz CT molecular complexity index is 1120. The summed E-state index contributed by atoms with van der Waals surface area (Å²) in [5.74, 6) is -1.04. The highest BCUT2D eigenvalue weighted by Crippen LogP contribution is 2.13. The molecule has 0 spiro atoms. The number of esters is 3. The third kappa shape index (κ3) is 41.7. The largest absolute Gasteiger partial charge is 0.462 e. The lowest BCUT2D eigenvalue weighted by atomic mass is 10.1. The molecule has 0 aromatic rings. The van der Waals surface area contributed by atoms with Crippen molar-refractivity contribution in [2.45, 2.75) is 200 Å². The number of hydrogen-bond donors (Lipinski definition) is 0. The lowest BCUT2D eigenvalue weighted by Gasteiger charge is -2.18. The van der Waals surface area contributed by atoms with Crippen molar-refractivity contribution in [1.82, 2.24) is 0 Å². The normalized spacial score (nSPS) is 12.8. The minimum atomic E-state index is -0.813. The predicted molar refractivity (Wildman–Crippen MR) is 237 cm³/mol. The third-order valence-corrected chi connectivity index (χ3v) is 9.15. The van der Waals surface area contributed by atoms with Crippen LogP contribution in [0.25, 0.3) is 0 Å². The maximum absolute atomic E-state index is 12.7. The molecule has 0 heterocycles. The molecule has 56 heavy (non-hydrogen) atoms. The van der Waals surface area contributed by atoms with Crippen molar-refractivity contribution in [2.24, 2.45) is 0 Å². The third-order valence-electron chi connectivity index (χ3n) is 9.15. The highest BCUT2D eigenvalue weighted by atomic mass is 16.6. The van der Waals surface area contributed by atoms with E-state index in [1.807, 2.05) is 12.2 Å². The number of carbonyl (C=O) groups is 3. The van der Waals surface area contributed by atoms with Crippen molar-refractivity contribution in [3.63, 3.8) is 0 Å². The van der Waals surface area contributed by atoms with Gasteiger partial charge in [0.1, 0.15) is 13.2 Å². The van der Waals surface area contributed by atoms with Crippen molar-refractivity contribution in [3.05, 3.63) is 85.1 Å². The summed E-state index contributed by atoms with van der Waals surface area (Å²) in [6.07, 6.45) is 55.9. The van der Waals surface area contributed by atoms with Crippen LogP contribution in [-0.2, 0) is 28.6 Å². The average Bonchev–Trinajstić information content (AvgIpc) is 3.19. The van der Waals surface area contributed by atoms with E-state index in [1.54, 1.807) is 0 Å². The second-order valence-electron chi connectivity index (χ2n) is 14.6. The monoisotopic (exact) mass is 779 g/mol. The Balaban J connectivity index is 4.47. The van der Waals surface area contributed by atoms with Crippen LogP contribution in [-0.4, -0.2) is 37.2 Å². The Kier molecular flexibility index (Phi) is 41.6. The lowest BCUT2D eigenvalue weighted by molar-refractivity contribution is -0.166. The molecular weight excluding hydrogens is 697 g/mol. The van der Waals surface area contributed by atoms with Crippen LogP contribution in [0.2, 0.25) is 0 Å². The van der Waals surface area contributed by atoms with Gasteiger partial charge in [-0.2, -0.15) is 0 Å². The van der Waals surface area contributed by atoms with Gasteiger partial charge in [0.2, 0.25) is 0 Å². The fourth-order valence-corrected chi connectivity index (χ4v) is 5.76. The van der Waals surface area contributed by atoms with Crippen molar-refractivity contribution in [3.8, 4) is 0 Å². The van der Waals surface area contributed by atoms with Gasteiger partial charge in [0.25, 0.3) is 0 Å². The Morgan fingerprint density at radius 1 is 0.375 bits per heavy atom. The molecule has 0 aliphatic carbocycles. The second-order valence-corrected chi connectivity index (χ2v) is 14.6. The maximum Gasteiger partial charge on any atom is 0.306 e. The lowest BCUT2D eigenvalue weighted by Crippen LogP contribution is -2.30. The SMILES string of the molecule is CC/C=C\C/C=C\C/C=C\C/C=C\C/C=C\C/C=C\CCC(=O)OCC(COC(=O)CCC/C=C\CCCCCC)OC(=O)CCCCCCCCCCCC. The molecule has 6 heteroatoms. The molecule has 0 saturated heterocycles. The number of carbonyl (C=O) groups excluding carboxylic acids is 3. The Morgan fingerprint density at radius 2 is 0.750 bits per heavy atom. The van der Waals surface area contributed by atoms with Crippen LogP contribution in [0.1, 0.15) is 194 Å². The molecule has 318 valence electrons. The van der Waals surface area contributed by atoms with E-state index in [2.05, 4.69) is 93.7 Å². The molecule has 0 N–H and O–H groups in total. The van der Waals surface area contributed by atoms with Gasteiger partial charge in [-0.3, -0.25) is 14.4 Å². The van der Waals surface area contributed by atoms with Crippen LogP contribution in [0.15, 0.2) is 85.1 Å². The molecule has 6 nitrogen and oxygen atoms in total. The number of unbranched alkanes of at least 4 members (excludes halogenated alkanes) is 14. The molecule has 0 rings (SSSR count). The van der Waals surface area contributed by atoms with Crippen LogP contribution in [0.3, 0.4) is 0 Å². The minimum Gasteiger partial charge on any atom is -0.462 e. The highest BCUT2D eigenvalue weighted by Gasteiger charge is 2.19. The molecule has 0 aromatic heterocycles. The molecule has 0 radical (unpaired) electrons. The number of allylic oxidation sites excluding steroid dienone is 14. The van der Waals surface area contributed by atoms with E-state index in [0.717, 1.165) is 70.6 Å². The minimum absolute atomic E-state index is 0.115. The number of ether oxygens (including phenoxy) is 3. The van der Waals surface area contributed by atoms with Gasteiger partial charge >= 0.3 is 17.9 Å². The van der Waals surface area contributed by atoms with E-state index in [1.165, 1.54) is 70.6 Å². The summed E-state index contributed by atoms with van der Waals surface area (Å²) in [6, 6.07) is 0. The van der Waals surface area contributed by atoms with E-state index >= 15 is 0 Å². The van der Waals surface area contributed by atoms with Crippen LogP contribution < -0.4 is 0 Å². The zero-order valence-corrected chi connectivity index (χ0v) is 36.1. The van der Waals surface area contributed by atoms with Crippen LogP contribution in [0.5, 0.6) is 0 Å². The zero-order chi connectivity index (χ0) is 40.8. The summed E-state index contributed by atoms with van der Waals surface area (Å²) < 4.78 is 16.6. The molecular formula is C50H82O6. The molecule has 0 bridgehead atoms. The van der Waals surface area contributed by atoms with Gasteiger partial charge in [-0.05, 0) is 77.0 Å². The highest BCUT2D eigenvalue weighted by molar-refractivity contribution is 5.71. The van der Waals surface area contributed by atoms with Gasteiger partial charge in [0.15, 0.2) is 6.10 Å². The second kappa shape index (κ2) is 44.3. The summed E-state index contributed by atoms with van der Waals surface area (Å²) in [5, 5.41) is 0. The fraction of sp³-hybridized carbons (Fsp3) is 0.660. The molecule has 1 atom stereocenters.